The Kier molecular flexibility index (Phi) is 8.61. The molecule has 0 saturated heterocycles. The molecule has 240 valence electrons. The summed E-state index contributed by atoms with van der Waals surface area (Å²) < 4.78 is 11.3. The van der Waals surface area contributed by atoms with Gasteiger partial charge in [-0.1, -0.05) is 44.6 Å². The van der Waals surface area contributed by atoms with E-state index in [0.29, 0.717) is 19.3 Å². The van der Waals surface area contributed by atoms with Crippen LogP contribution in [0.1, 0.15) is 67.4 Å². The van der Waals surface area contributed by atoms with Crippen molar-refractivity contribution >= 4 is 46.7 Å². The van der Waals surface area contributed by atoms with Gasteiger partial charge in [-0.15, -0.1) is 23.2 Å². The third kappa shape index (κ3) is 4.86. The van der Waals surface area contributed by atoms with Gasteiger partial charge in [-0.3, -0.25) is 9.59 Å². The number of carbonyl (C=O) groups is 4. The molecule has 0 aliphatic heterocycles. The van der Waals surface area contributed by atoms with Crippen molar-refractivity contribution in [2.24, 2.45) is 28.6 Å². The molecule has 1 aromatic heterocycles. The van der Waals surface area contributed by atoms with E-state index in [1.807, 2.05) is 26.8 Å². The molecule has 2 aromatic rings. The number of aliphatic hydroxyl groups excluding tert-OH is 1. The maximum atomic E-state index is 13.6. The molecule has 1 aromatic carbocycles. The average molecular weight is 660 g/mol. The van der Waals surface area contributed by atoms with Gasteiger partial charge in [0.05, 0.1) is 23.1 Å². The fourth-order valence-electron chi connectivity index (χ4n) is 8.74. The first-order valence-electron chi connectivity index (χ1n) is 14.9. The Labute approximate surface area is 270 Å². The van der Waals surface area contributed by atoms with Gasteiger partial charge >= 0.3 is 11.9 Å². The number of ketones is 2. The molecule has 4 aliphatic carbocycles. The molecule has 0 unspecified atom stereocenters. The molecule has 0 radical (unpaired) electrons. The number of fused-ring (bicyclic) bond motifs is 5. The molecule has 11 heteroatoms. The maximum absolute atomic E-state index is 13.6. The number of aromatic hydroxyl groups is 1. The zero-order valence-corrected chi connectivity index (χ0v) is 26.7. The van der Waals surface area contributed by atoms with E-state index < -0.39 is 39.3 Å². The van der Waals surface area contributed by atoms with Crippen molar-refractivity contribution < 1.29 is 43.7 Å². The number of rotatable bonds is 5. The number of para-hydroxylation sites is 1. The van der Waals surface area contributed by atoms with E-state index in [4.69, 9.17) is 42.6 Å². The molecule has 3 saturated carbocycles. The highest BCUT2D eigenvalue weighted by molar-refractivity contribution is 6.29. The highest BCUT2D eigenvalue weighted by Gasteiger charge is 2.76. The van der Waals surface area contributed by atoms with E-state index in [2.05, 4.69) is 0 Å². The van der Waals surface area contributed by atoms with E-state index >= 15 is 0 Å². The maximum Gasteiger partial charge on any atom is 0.375 e. The lowest BCUT2D eigenvalue weighted by atomic mass is 9.45. The summed E-state index contributed by atoms with van der Waals surface area (Å²) in [6.45, 7) is 5.81. The summed E-state index contributed by atoms with van der Waals surface area (Å²) in [7, 11) is 0. The lowest BCUT2D eigenvalue weighted by molar-refractivity contribution is -0.177. The summed E-state index contributed by atoms with van der Waals surface area (Å²) in [6.07, 6.45) is 7.44. The number of benzene rings is 1. The Morgan fingerprint density at radius 1 is 1.11 bits per heavy atom. The van der Waals surface area contributed by atoms with Crippen LogP contribution in [0.5, 0.6) is 5.75 Å². The fraction of sp³-hybridized carbons (Fsp3) is 0.471. The first-order chi connectivity index (χ1) is 21.2. The third-order valence-electron chi connectivity index (χ3n) is 10.8. The number of hydrogen-bond acceptors (Lipinski definition) is 8. The van der Waals surface area contributed by atoms with Crippen LogP contribution in [0.3, 0.4) is 0 Å². The van der Waals surface area contributed by atoms with E-state index in [1.165, 1.54) is 30.5 Å². The second-order valence-corrected chi connectivity index (χ2v) is 13.8. The molecule has 0 bridgehead atoms. The van der Waals surface area contributed by atoms with Gasteiger partial charge in [0, 0.05) is 16.7 Å². The molecule has 0 amide bonds. The summed E-state index contributed by atoms with van der Waals surface area (Å²) in [6, 6.07) is 8.89. The van der Waals surface area contributed by atoms with Crippen LogP contribution in [0.2, 0.25) is 0 Å². The van der Waals surface area contributed by atoms with Crippen molar-refractivity contribution in [3.05, 3.63) is 77.8 Å². The number of hydrogen-bond donors (Lipinski definition) is 3. The van der Waals surface area contributed by atoms with Gasteiger partial charge in [0.1, 0.15) is 11.3 Å². The van der Waals surface area contributed by atoms with E-state index in [9.17, 15) is 24.3 Å². The number of aliphatic hydroxyl groups is 1. The van der Waals surface area contributed by atoms with Crippen LogP contribution in [-0.4, -0.2) is 61.3 Å². The molecule has 45 heavy (non-hydrogen) atoms. The molecular weight excluding hydrogens is 623 g/mol. The van der Waals surface area contributed by atoms with Crippen LogP contribution < -0.4 is 0 Å². The zero-order chi connectivity index (χ0) is 32.9. The number of aromatic carboxylic acids is 1. The Morgan fingerprint density at radius 2 is 1.82 bits per heavy atom. The minimum Gasteiger partial charge on any atom is -0.507 e. The standard InChI is InChI=1S/C27H30Cl2O6.C7H6O3/c1-15-11-19-18-7-6-16-12-17(30)8-9-24(16,2)26(18,29)21(31)13-25(19,3)27(15,22(32)14-28)35-23(33)20-5-4-10-34-20;8-6-4-2-1-3-5(6)7(9)10/h4-5,8-10,12,15,18-19,21,31H,6-7,11,13-14H2,1-3H3;1-4,8H,(H,9,10)/t15-,18+,19+,21+,24+,25+,26+,27+;/m1./s1. The van der Waals surface area contributed by atoms with Crippen LogP contribution in [-0.2, 0) is 14.3 Å². The second-order valence-electron chi connectivity index (χ2n) is 12.9. The predicted octanol–water partition coefficient (Wildman–Crippen LogP) is 5.96. The van der Waals surface area contributed by atoms with Crippen LogP contribution in [0, 0.1) is 28.6 Å². The predicted molar refractivity (Wildman–Crippen MR) is 165 cm³/mol. The number of ether oxygens (including phenoxy) is 1. The molecule has 8 atom stereocenters. The lowest BCUT2D eigenvalue weighted by Gasteiger charge is -2.64. The summed E-state index contributed by atoms with van der Waals surface area (Å²) in [5.74, 6) is -3.43. The number of halogens is 2. The Morgan fingerprint density at radius 3 is 2.42 bits per heavy atom. The minimum absolute atomic E-state index is 0.00557. The molecule has 0 spiro atoms. The Balaban J connectivity index is 0.000000342. The summed E-state index contributed by atoms with van der Waals surface area (Å²) in [4.78, 5) is 48.0. The number of allylic oxidation sites excluding steroid dienone is 4. The number of furan rings is 1. The van der Waals surface area contributed by atoms with Gasteiger partial charge in [0.2, 0.25) is 5.76 Å². The molecule has 6 rings (SSSR count). The van der Waals surface area contributed by atoms with Gasteiger partial charge in [-0.25, -0.2) is 9.59 Å². The molecule has 4 aliphatic rings. The smallest absolute Gasteiger partial charge is 0.375 e. The van der Waals surface area contributed by atoms with Gasteiger partial charge in [0.25, 0.3) is 0 Å². The second kappa shape index (κ2) is 11.8. The normalized spacial score (nSPS) is 36.4. The Hall–Kier alpha value is -3.40. The summed E-state index contributed by atoms with van der Waals surface area (Å²) in [5.41, 5.74) is -2.27. The van der Waals surface area contributed by atoms with Crippen LogP contribution in [0.4, 0.5) is 0 Å². The van der Waals surface area contributed by atoms with Crippen molar-refractivity contribution in [1.29, 1.82) is 0 Å². The van der Waals surface area contributed by atoms with Crippen LogP contribution in [0.15, 0.2) is 70.9 Å². The first-order valence-corrected chi connectivity index (χ1v) is 15.8. The fourth-order valence-corrected chi connectivity index (χ4v) is 9.46. The quantitative estimate of drug-likeness (QED) is 0.261. The van der Waals surface area contributed by atoms with Crippen LogP contribution >= 0.6 is 23.2 Å². The summed E-state index contributed by atoms with van der Waals surface area (Å²) in [5, 5.41) is 29.1. The number of carboxylic acids is 1. The molecule has 9 nitrogen and oxygen atoms in total. The SMILES string of the molecule is C[C@@H]1C[C@H]2[C@@H]3CCC4=CC(=O)C=C[C@]4(C)[C@@]3(Cl)[C@@H](O)C[C@]2(C)[C@@]1(OC(=O)c1ccco1)C(=O)CCl.O=C(O)c1ccccc1O. The summed E-state index contributed by atoms with van der Waals surface area (Å²) >= 11 is 13.6. The molecule has 3 N–H and O–H groups in total. The zero-order valence-electron chi connectivity index (χ0n) is 25.2. The highest BCUT2D eigenvalue weighted by atomic mass is 35.5. The lowest BCUT2D eigenvalue weighted by Crippen LogP contribution is -2.69. The minimum atomic E-state index is -1.53. The molecular formula is C34H36Cl2O9. The number of Topliss-reactive ketones (excluding diaryl/α,β-unsaturated/α-hetero) is 1. The third-order valence-corrected chi connectivity index (χ3v) is 12.0. The van der Waals surface area contributed by atoms with Gasteiger partial charge < -0.3 is 24.5 Å². The number of phenols is 1. The van der Waals surface area contributed by atoms with Gasteiger partial charge in [-0.05, 0) is 73.9 Å². The topological polar surface area (TPSA) is 151 Å². The van der Waals surface area contributed by atoms with E-state index in [0.717, 1.165) is 5.57 Å². The van der Waals surface area contributed by atoms with Crippen LogP contribution in [0.25, 0.3) is 0 Å². The monoisotopic (exact) mass is 658 g/mol. The number of carbonyl (C=O) groups excluding carboxylic acids is 3. The molecule has 3 fully saturated rings. The van der Waals surface area contributed by atoms with Crippen molar-refractivity contribution in [3.8, 4) is 5.75 Å². The van der Waals surface area contributed by atoms with Crippen molar-refractivity contribution in [1.82, 2.24) is 0 Å². The number of esters is 1. The van der Waals surface area contributed by atoms with E-state index in [-0.39, 0.29) is 58.7 Å². The van der Waals surface area contributed by atoms with Crippen molar-refractivity contribution in [2.75, 3.05) is 5.88 Å². The largest absolute Gasteiger partial charge is 0.507 e. The first kappa shape index (κ1) is 33.0. The molecule has 1 heterocycles. The number of carboxylic acid groups (broad SMARTS) is 1. The average Bonchev–Trinajstić information content (AvgIpc) is 3.61. The van der Waals surface area contributed by atoms with E-state index in [1.54, 1.807) is 24.3 Å². The number of alkyl halides is 2. The van der Waals surface area contributed by atoms with Crippen molar-refractivity contribution in [3.63, 3.8) is 0 Å². The highest BCUT2D eigenvalue weighted by Crippen LogP contribution is 2.72. The van der Waals surface area contributed by atoms with Crippen molar-refractivity contribution in [2.45, 2.75) is 63.0 Å². The van der Waals surface area contributed by atoms with Gasteiger partial charge in [0.15, 0.2) is 17.2 Å². The van der Waals surface area contributed by atoms with Gasteiger partial charge in [-0.2, -0.15) is 0 Å². The Bertz CT molecular complexity index is 1580.